The van der Waals surface area contributed by atoms with Gasteiger partial charge in [-0.1, -0.05) is 12.1 Å². The monoisotopic (exact) mass is 444 g/mol. The third-order valence-corrected chi connectivity index (χ3v) is 5.90. The van der Waals surface area contributed by atoms with Crippen molar-refractivity contribution in [2.45, 2.75) is 31.3 Å². The fourth-order valence-electron chi connectivity index (χ4n) is 3.96. The summed E-state index contributed by atoms with van der Waals surface area (Å²) in [5.74, 6) is -0.499. The molecule has 31 heavy (non-hydrogen) atoms. The molecule has 2 aromatic carbocycles. The second kappa shape index (κ2) is 11.7. The van der Waals surface area contributed by atoms with E-state index in [4.69, 9.17) is 10.5 Å². The fraction of sp³-hybridized carbons (Fsp3) is 0.391. The molecule has 3 rings (SSSR count). The van der Waals surface area contributed by atoms with Gasteiger partial charge in [0.25, 0.3) is 5.91 Å². The van der Waals surface area contributed by atoms with Gasteiger partial charge in [-0.25, -0.2) is 5.48 Å². The number of piperidine rings is 1. The van der Waals surface area contributed by atoms with Crippen molar-refractivity contribution in [3.8, 4) is 6.07 Å². The Morgan fingerprint density at radius 3 is 2.35 bits per heavy atom. The molecule has 1 amide bonds. The lowest BCUT2D eigenvalue weighted by Gasteiger charge is -2.40. The summed E-state index contributed by atoms with van der Waals surface area (Å²) in [5, 5.41) is 35.7. The van der Waals surface area contributed by atoms with Crippen molar-refractivity contribution in [2.24, 2.45) is 5.92 Å². The zero-order chi connectivity index (χ0) is 21.4. The molecule has 1 aliphatic rings. The Labute approximate surface area is 188 Å². The molecular formula is C23H29ClN4O3. The second-order valence-electron chi connectivity index (χ2n) is 7.80. The van der Waals surface area contributed by atoms with E-state index in [1.54, 1.807) is 29.7 Å². The highest BCUT2D eigenvalue weighted by Crippen LogP contribution is 2.31. The number of anilines is 1. The summed E-state index contributed by atoms with van der Waals surface area (Å²) in [4.78, 5) is 11.5. The van der Waals surface area contributed by atoms with Crippen LogP contribution in [0, 0.1) is 17.2 Å². The van der Waals surface area contributed by atoms with Gasteiger partial charge >= 0.3 is 0 Å². The predicted octanol–water partition coefficient (Wildman–Crippen LogP) is 2.87. The number of hydrogen-bond donors (Lipinski definition) is 5. The number of nitrogens with one attached hydrogen (secondary N) is 3. The number of aliphatic hydroxyl groups is 1. The largest absolute Gasteiger partial charge is 0.389 e. The summed E-state index contributed by atoms with van der Waals surface area (Å²) >= 11 is 0. The molecule has 2 aromatic rings. The molecule has 0 saturated carbocycles. The number of carbonyl (C=O) groups excluding carboxylic acids is 1. The van der Waals surface area contributed by atoms with E-state index in [1.165, 1.54) is 0 Å². The maximum absolute atomic E-state index is 11.5. The van der Waals surface area contributed by atoms with Crippen LogP contribution in [-0.2, 0) is 6.42 Å². The van der Waals surface area contributed by atoms with E-state index >= 15 is 0 Å². The van der Waals surface area contributed by atoms with Crippen LogP contribution in [0.5, 0.6) is 0 Å². The van der Waals surface area contributed by atoms with Crippen molar-refractivity contribution in [1.29, 1.82) is 5.26 Å². The van der Waals surface area contributed by atoms with Crippen molar-refractivity contribution in [3.63, 3.8) is 0 Å². The van der Waals surface area contributed by atoms with E-state index in [1.807, 2.05) is 24.3 Å². The summed E-state index contributed by atoms with van der Waals surface area (Å²) < 4.78 is 0. The van der Waals surface area contributed by atoms with Gasteiger partial charge in [-0.3, -0.25) is 10.0 Å². The van der Waals surface area contributed by atoms with Crippen molar-refractivity contribution < 1.29 is 15.1 Å². The molecule has 1 saturated heterocycles. The number of nitrogens with zero attached hydrogens (tertiary/aromatic N) is 1. The van der Waals surface area contributed by atoms with Gasteiger partial charge in [0.15, 0.2) is 0 Å². The third kappa shape index (κ3) is 6.68. The first-order valence-corrected chi connectivity index (χ1v) is 10.2. The van der Waals surface area contributed by atoms with E-state index in [0.717, 1.165) is 37.2 Å². The summed E-state index contributed by atoms with van der Waals surface area (Å²) in [5.41, 5.74) is 3.91. The maximum Gasteiger partial charge on any atom is 0.274 e. The average molecular weight is 445 g/mol. The lowest BCUT2D eigenvalue weighted by Crippen LogP contribution is -2.49. The van der Waals surface area contributed by atoms with Crippen LogP contribution in [0.1, 0.15) is 40.7 Å². The number of carbonyl (C=O) groups is 1. The fourth-order valence-corrected chi connectivity index (χ4v) is 3.96. The van der Waals surface area contributed by atoms with Gasteiger partial charge in [0, 0.05) is 23.7 Å². The molecular weight excluding hydrogens is 416 g/mol. The zero-order valence-corrected chi connectivity index (χ0v) is 18.1. The van der Waals surface area contributed by atoms with Crippen LogP contribution in [0.25, 0.3) is 0 Å². The third-order valence-electron chi connectivity index (χ3n) is 5.90. The number of hydroxylamine groups is 1. The summed E-state index contributed by atoms with van der Waals surface area (Å²) in [6.07, 6.45) is 3.06. The number of amides is 1. The summed E-state index contributed by atoms with van der Waals surface area (Å²) in [6.45, 7) is 2.21. The van der Waals surface area contributed by atoms with Crippen LogP contribution in [-0.4, -0.2) is 41.5 Å². The number of halogens is 1. The van der Waals surface area contributed by atoms with Gasteiger partial charge in [-0.2, -0.15) is 5.26 Å². The summed E-state index contributed by atoms with van der Waals surface area (Å²) in [7, 11) is 0. The minimum Gasteiger partial charge on any atom is -0.389 e. The van der Waals surface area contributed by atoms with Gasteiger partial charge in [0.1, 0.15) is 0 Å². The normalized spacial score (nSPS) is 15.8. The minimum atomic E-state index is -0.735. The van der Waals surface area contributed by atoms with Crippen molar-refractivity contribution in [3.05, 3.63) is 65.2 Å². The Morgan fingerprint density at radius 2 is 1.77 bits per heavy atom. The zero-order valence-electron chi connectivity index (χ0n) is 17.3. The molecule has 0 spiro atoms. The van der Waals surface area contributed by atoms with Crippen molar-refractivity contribution in [1.82, 2.24) is 10.8 Å². The Bertz CT molecular complexity index is 875. The van der Waals surface area contributed by atoms with Gasteiger partial charge in [0.2, 0.25) is 0 Å². The lowest BCUT2D eigenvalue weighted by molar-refractivity contribution is -0.0418. The van der Waals surface area contributed by atoms with E-state index in [-0.39, 0.29) is 18.3 Å². The van der Waals surface area contributed by atoms with E-state index in [2.05, 4.69) is 16.7 Å². The lowest BCUT2D eigenvalue weighted by atomic mass is 9.77. The molecule has 0 bridgehead atoms. The second-order valence-corrected chi connectivity index (χ2v) is 7.80. The summed E-state index contributed by atoms with van der Waals surface area (Å²) in [6, 6.07) is 16.6. The van der Waals surface area contributed by atoms with E-state index < -0.39 is 11.5 Å². The Hall–Kier alpha value is -2.63. The smallest absolute Gasteiger partial charge is 0.274 e. The molecule has 1 atom stereocenters. The first kappa shape index (κ1) is 24.6. The Kier molecular flexibility index (Phi) is 9.28. The molecule has 0 radical (unpaired) electrons. The number of hydrogen-bond acceptors (Lipinski definition) is 6. The number of aryl methyl sites for hydroxylation is 1. The standard InChI is InChI=1S/C23H28N4O3.ClH/c24-15-18-3-1-17(2-4-18)5-8-20(23(29)11-13-25-14-12-23)16-26-21-9-6-19(7-10-21)22(28)27-30;/h1-4,6-7,9-10,20,25-26,29-30H,5,8,11-14,16H2,(H,27,28);1H. The number of benzene rings is 2. The molecule has 166 valence electrons. The van der Waals surface area contributed by atoms with Crippen LogP contribution in [0.3, 0.4) is 0 Å². The molecule has 1 aliphatic heterocycles. The van der Waals surface area contributed by atoms with Crippen molar-refractivity contribution in [2.75, 3.05) is 25.0 Å². The molecule has 0 aliphatic carbocycles. The molecule has 1 fully saturated rings. The molecule has 1 heterocycles. The first-order chi connectivity index (χ1) is 14.5. The molecule has 0 aromatic heterocycles. The average Bonchev–Trinajstić information content (AvgIpc) is 2.79. The molecule has 1 unspecified atom stereocenters. The van der Waals surface area contributed by atoms with Crippen LogP contribution in [0.15, 0.2) is 48.5 Å². The molecule has 7 nitrogen and oxygen atoms in total. The SMILES string of the molecule is Cl.N#Cc1ccc(CCC(CNc2ccc(C(=O)NO)cc2)C2(O)CCNCC2)cc1. The van der Waals surface area contributed by atoms with Gasteiger partial charge in [-0.05, 0) is 80.7 Å². The van der Waals surface area contributed by atoms with Gasteiger partial charge in [-0.15, -0.1) is 12.4 Å². The van der Waals surface area contributed by atoms with Gasteiger partial charge < -0.3 is 15.7 Å². The Morgan fingerprint density at radius 1 is 1.13 bits per heavy atom. The highest BCUT2D eigenvalue weighted by Gasteiger charge is 2.37. The van der Waals surface area contributed by atoms with Crippen LogP contribution in [0.4, 0.5) is 5.69 Å². The van der Waals surface area contributed by atoms with Crippen LogP contribution >= 0.6 is 12.4 Å². The minimum absolute atomic E-state index is 0. The van der Waals surface area contributed by atoms with Crippen LogP contribution < -0.4 is 16.1 Å². The highest BCUT2D eigenvalue weighted by atomic mass is 35.5. The highest BCUT2D eigenvalue weighted by molar-refractivity contribution is 5.93. The van der Waals surface area contributed by atoms with Crippen molar-refractivity contribution >= 4 is 24.0 Å². The van der Waals surface area contributed by atoms with E-state index in [9.17, 15) is 9.90 Å². The molecule has 5 N–H and O–H groups in total. The first-order valence-electron chi connectivity index (χ1n) is 10.2. The topological polar surface area (TPSA) is 117 Å². The number of nitriles is 1. The Balaban J connectivity index is 0.00000341. The molecule has 8 heteroatoms. The maximum atomic E-state index is 11.5. The van der Waals surface area contributed by atoms with E-state index in [0.29, 0.717) is 30.5 Å². The number of rotatable bonds is 8. The van der Waals surface area contributed by atoms with Gasteiger partial charge in [0.05, 0.1) is 17.2 Å². The van der Waals surface area contributed by atoms with Crippen LogP contribution in [0.2, 0.25) is 0 Å². The predicted molar refractivity (Wildman–Crippen MR) is 121 cm³/mol. The quantitative estimate of drug-likeness (QED) is 0.315.